The average Bonchev–Trinajstić information content (AvgIpc) is 3.55. The third-order valence-corrected chi connectivity index (χ3v) is 6.09. The lowest BCUT2D eigenvalue weighted by Crippen LogP contribution is -2.30. The lowest BCUT2D eigenvalue weighted by molar-refractivity contribution is 0.324. The number of benzene rings is 1. The highest BCUT2D eigenvalue weighted by molar-refractivity contribution is 5.60. The Kier molecular flexibility index (Phi) is 5.91. The molecule has 0 bridgehead atoms. The number of imidazole rings is 1. The Bertz CT molecular complexity index is 1120. The van der Waals surface area contributed by atoms with Crippen LogP contribution in [0.1, 0.15) is 24.1 Å². The van der Waals surface area contributed by atoms with Gasteiger partial charge in [0, 0.05) is 37.3 Å². The predicted molar refractivity (Wildman–Crippen MR) is 125 cm³/mol. The number of hydrogen-bond donors (Lipinski definition) is 2. The van der Waals surface area contributed by atoms with E-state index < -0.39 is 0 Å². The molecule has 0 amide bonds. The second-order valence-electron chi connectivity index (χ2n) is 8.09. The largest absolute Gasteiger partial charge is 0.493 e. The van der Waals surface area contributed by atoms with Crippen molar-refractivity contribution in [1.82, 2.24) is 24.8 Å². The number of aromatic nitrogens is 4. The molecule has 0 unspecified atom stereocenters. The lowest BCUT2D eigenvalue weighted by atomic mass is 10.1. The molecular formula is C23H29N7O3. The number of ether oxygens (including phenoxy) is 3. The van der Waals surface area contributed by atoms with Crippen LogP contribution in [0.25, 0.3) is 5.69 Å². The molecule has 2 aromatic heterocycles. The third kappa shape index (κ3) is 4.13. The highest BCUT2D eigenvalue weighted by Crippen LogP contribution is 2.39. The molecule has 2 aliphatic rings. The Morgan fingerprint density at radius 2 is 1.76 bits per heavy atom. The summed E-state index contributed by atoms with van der Waals surface area (Å²) in [5, 5.41) is 6.71. The zero-order valence-corrected chi connectivity index (χ0v) is 19.2. The van der Waals surface area contributed by atoms with E-state index in [0.717, 1.165) is 49.8 Å². The molecule has 1 saturated heterocycles. The van der Waals surface area contributed by atoms with Gasteiger partial charge in [-0.25, -0.2) is 9.97 Å². The molecule has 10 nitrogen and oxygen atoms in total. The highest BCUT2D eigenvalue weighted by atomic mass is 16.5. The summed E-state index contributed by atoms with van der Waals surface area (Å²) in [5.74, 6) is 3.99. The molecule has 5 rings (SSSR count). The molecule has 0 saturated carbocycles. The lowest BCUT2D eigenvalue weighted by Gasteiger charge is -2.25. The van der Waals surface area contributed by atoms with Gasteiger partial charge in [-0.1, -0.05) is 0 Å². The van der Waals surface area contributed by atoms with E-state index in [-0.39, 0.29) is 0 Å². The fraction of sp³-hybridized carbons (Fsp3) is 0.435. The predicted octanol–water partition coefficient (Wildman–Crippen LogP) is 2.68. The first-order chi connectivity index (χ1) is 16.2. The van der Waals surface area contributed by atoms with Gasteiger partial charge < -0.3 is 34.3 Å². The van der Waals surface area contributed by atoms with Gasteiger partial charge in [-0.15, -0.1) is 0 Å². The summed E-state index contributed by atoms with van der Waals surface area (Å²) >= 11 is 0. The van der Waals surface area contributed by atoms with Crippen molar-refractivity contribution in [3.05, 3.63) is 35.9 Å². The Balaban J connectivity index is 1.44. The topological polar surface area (TPSA) is 98.6 Å². The van der Waals surface area contributed by atoms with Crippen LogP contribution in [0.5, 0.6) is 17.2 Å². The van der Waals surface area contributed by atoms with Gasteiger partial charge in [0.05, 0.1) is 38.9 Å². The SMILES string of the molecule is COc1cc(-n2cnc(Nc3nc4c(c(N5CCCC5)n3)CCNC4)c2)cc(OC)c1OC. The summed E-state index contributed by atoms with van der Waals surface area (Å²) in [6, 6.07) is 3.75. The van der Waals surface area contributed by atoms with Crippen molar-refractivity contribution in [2.45, 2.75) is 25.8 Å². The molecular weight excluding hydrogens is 422 g/mol. The Hall–Kier alpha value is -3.53. The van der Waals surface area contributed by atoms with E-state index in [4.69, 9.17) is 24.2 Å². The number of methoxy groups -OCH3 is 3. The summed E-state index contributed by atoms with van der Waals surface area (Å²) in [6.45, 7) is 3.81. The zero-order valence-electron chi connectivity index (χ0n) is 19.2. The van der Waals surface area contributed by atoms with Gasteiger partial charge in [-0.3, -0.25) is 0 Å². The molecule has 4 heterocycles. The minimum Gasteiger partial charge on any atom is -0.493 e. The monoisotopic (exact) mass is 451 g/mol. The Morgan fingerprint density at radius 1 is 1.00 bits per heavy atom. The van der Waals surface area contributed by atoms with Crippen LogP contribution in [0.3, 0.4) is 0 Å². The van der Waals surface area contributed by atoms with Crippen molar-refractivity contribution in [2.24, 2.45) is 0 Å². The summed E-state index contributed by atoms with van der Waals surface area (Å²) in [7, 11) is 4.79. The maximum Gasteiger partial charge on any atom is 0.230 e. The van der Waals surface area contributed by atoms with Crippen molar-refractivity contribution >= 4 is 17.6 Å². The molecule has 0 aliphatic carbocycles. The summed E-state index contributed by atoms with van der Waals surface area (Å²) in [5.41, 5.74) is 3.16. The van der Waals surface area contributed by atoms with Crippen LogP contribution in [-0.2, 0) is 13.0 Å². The van der Waals surface area contributed by atoms with Crippen LogP contribution in [0.2, 0.25) is 0 Å². The van der Waals surface area contributed by atoms with Crippen molar-refractivity contribution < 1.29 is 14.2 Å². The second-order valence-corrected chi connectivity index (χ2v) is 8.09. The molecule has 2 N–H and O–H groups in total. The standard InChI is InChI=1S/C23H29N7O3/c1-31-18-10-15(11-19(32-2)21(18)33-3)30-13-20(25-14-30)27-23-26-17-12-24-7-6-16(17)22(28-23)29-8-4-5-9-29/h10-11,13-14,24H,4-9,12H2,1-3H3,(H,26,27,28). The fourth-order valence-corrected chi connectivity index (χ4v) is 4.45. The molecule has 174 valence electrons. The van der Waals surface area contributed by atoms with E-state index in [1.54, 1.807) is 27.7 Å². The molecule has 10 heteroatoms. The van der Waals surface area contributed by atoms with E-state index in [1.807, 2.05) is 22.9 Å². The van der Waals surface area contributed by atoms with Gasteiger partial charge in [-0.2, -0.15) is 4.98 Å². The normalized spacial score (nSPS) is 15.3. The maximum absolute atomic E-state index is 5.47. The van der Waals surface area contributed by atoms with Gasteiger partial charge in [-0.05, 0) is 25.8 Å². The minimum atomic E-state index is 0.549. The summed E-state index contributed by atoms with van der Waals surface area (Å²) < 4.78 is 18.2. The average molecular weight is 452 g/mol. The van der Waals surface area contributed by atoms with Crippen molar-refractivity contribution in [1.29, 1.82) is 0 Å². The quantitative estimate of drug-likeness (QED) is 0.562. The third-order valence-electron chi connectivity index (χ3n) is 6.09. The van der Waals surface area contributed by atoms with Crippen molar-refractivity contribution in [2.75, 3.05) is 51.2 Å². The van der Waals surface area contributed by atoms with E-state index in [0.29, 0.717) is 29.0 Å². The van der Waals surface area contributed by atoms with Gasteiger partial charge in [0.25, 0.3) is 0 Å². The first kappa shape index (κ1) is 21.3. The molecule has 2 aliphatic heterocycles. The summed E-state index contributed by atoms with van der Waals surface area (Å²) in [6.07, 6.45) is 6.98. The van der Waals surface area contributed by atoms with Gasteiger partial charge in [0.15, 0.2) is 17.3 Å². The number of nitrogens with zero attached hydrogens (tertiary/aromatic N) is 5. The molecule has 1 fully saturated rings. The van der Waals surface area contributed by atoms with Crippen molar-refractivity contribution in [3.8, 4) is 22.9 Å². The van der Waals surface area contributed by atoms with Crippen LogP contribution in [-0.4, -0.2) is 60.5 Å². The second kappa shape index (κ2) is 9.14. The number of nitrogens with one attached hydrogen (secondary N) is 2. The smallest absolute Gasteiger partial charge is 0.230 e. The van der Waals surface area contributed by atoms with E-state index >= 15 is 0 Å². The van der Waals surface area contributed by atoms with E-state index in [1.165, 1.54) is 18.4 Å². The molecule has 0 atom stereocenters. The van der Waals surface area contributed by atoms with E-state index in [2.05, 4.69) is 20.5 Å². The zero-order chi connectivity index (χ0) is 22.8. The number of rotatable bonds is 7. The molecule has 0 spiro atoms. The number of fused-ring (bicyclic) bond motifs is 1. The summed E-state index contributed by atoms with van der Waals surface area (Å²) in [4.78, 5) is 16.6. The van der Waals surface area contributed by atoms with Crippen LogP contribution < -0.4 is 29.7 Å². The number of hydrogen-bond acceptors (Lipinski definition) is 9. The van der Waals surface area contributed by atoms with Crippen LogP contribution in [0.4, 0.5) is 17.6 Å². The molecule has 0 radical (unpaired) electrons. The van der Waals surface area contributed by atoms with Gasteiger partial charge >= 0.3 is 0 Å². The fourth-order valence-electron chi connectivity index (χ4n) is 4.45. The van der Waals surface area contributed by atoms with E-state index in [9.17, 15) is 0 Å². The highest BCUT2D eigenvalue weighted by Gasteiger charge is 2.24. The maximum atomic E-state index is 5.47. The molecule has 3 aromatic rings. The first-order valence-electron chi connectivity index (χ1n) is 11.2. The molecule has 33 heavy (non-hydrogen) atoms. The number of anilines is 3. The van der Waals surface area contributed by atoms with Crippen LogP contribution >= 0.6 is 0 Å². The van der Waals surface area contributed by atoms with Crippen LogP contribution in [0, 0.1) is 0 Å². The Morgan fingerprint density at radius 3 is 2.45 bits per heavy atom. The Labute approximate surface area is 192 Å². The minimum absolute atomic E-state index is 0.549. The van der Waals surface area contributed by atoms with Crippen molar-refractivity contribution in [3.63, 3.8) is 0 Å². The first-order valence-corrected chi connectivity index (χ1v) is 11.2. The molecule has 1 aromatic carbocycles. The van der Waals surface area contributed by atoms with Crippen LogP contribution in [0.15, 0.2) is 24.7 Å². The van der Waals surface area contributed by atoms with Gasteiger partial charge in [0.2, 0.25) is 11.7 Å². The van der Waals surface area contributed by atoms with Gasteiger partial charge in [0.1, 0.15) is 12.1 Å².